The number of nitrogens with two attached hydrogens (primary N) is 1. The van der Waals surface area contributed by atoms with E-state index in [1.807, 2.05) is 0 Å². The lowest BCUT2D eigenvalue weighted by atomic mass is 9.70. The SMILES string of the molecule is NCC(O)(C1CCC1)C1CC1. The molecular weight excluding hydrogens is 138 g/mol. The van der Waals surface area contributed by atoms with Crippen LogP contribution in [0, 0.1) is 11.8 Å². The summed E-state index contributed by atoms with van der Waals surface area (Å²) in [5, 5.41) is 10.2. The number of hydrogen-bond acceptors (Lipinski definition) is 2. The van der Waals surface area contributed by atoms with Gasteiger partial charge in [-0.2, -0.15) is 0 Å². The van der Waals surface area contributed by atoms with Crippen molar-refractivity contribution >= 4 is 0 Å². The van der Waals surface area contributed by atoms with Gasteiger partial charge in [0.05, 0.1) is 5.60 Å². The summed E-state index contributed by atoms with van der Waals surface area (Å²) in [6.45, 7) is 0.475. The third kappa shape index (κ3) is 1.09. The average molecular weight is 155 g/mol. The smallest absolute Gasteiger partial charge is 0.0825 e. The van der Waals surface area contributed by atoms with Crippen molar-refractivity contribution < 1.29 is 5.11 Å². The molecule has 11 heavy (non-hydrogen) atoms. The predicted octanol–water partition coefficient (Wildman–Crippen LogP) is 0.886. The minimum absolute atomic E-state index is 0.474. The van der Waals surface area contributed by atoms with Gasteiger partial charge >= 0.3 is 0 Å². The summed E-state index contributed by atoms with van der Waals surface area (Å²) in [5.74, 6) is 1.07. The van der Waals surface area contributed by atoms with Crippen LogP contribution in [0.2, 0.25) is 0 Å². The van der Waals surface area contributed by atoms with Gasteiger partial charge in [0.1, 0.15) is 0 Å². The van der Waals surface area contributed by atoms with E-state index in [1.165, 1.54) is 32.1 Å². The van der Waals surface area contributed by atoms with Gasteiger partial charge in [0.2, 0.25) is 0 Å². The summed E-state index contributed by atoms with van der Waals surface area (Å²) in [4.78, 5) is 0. The molecule has 0 heterocycles. The van der Waals surface area contributed by atoms with Crippen LogP contribution < -0.4 is 5.73 Å². The Morgan fingerprint density at radius 2 is 1.73 bits per heavy atom. The molecule has 0 aromatic rings. The van der Waals surface area contributed by atoms with Crippen molar-refractivity contribution in [1.29, 1.82) is 0 Å². The fourth-order valence-electron chi connectivity index (χ4n) is 2.16. The zero-order valence-corrected chi connectivity index (χ0v) is 6.92. The van der Waals surface area contributed by atoms with Crippen LogP contribution in [0.25, 0.3) is 0 Å². The monoisotopic (exact) mass is 155 g/mol. The van der Waals surface area contributed by atoms with E-state index in [9.17, 15) is 5.11 Å². The Balaban J connectivity index is 2.01. The second-order valence-corrected chi connectivity index (χ2v) is 4.10. The first kappa shape index (κ1) is 7.56. The molecule has 2 aliphatic rings. The standard InChI is InChI=1S/C9H17NO/c10-6-9(11,8-4-5-8)7-2-1-3-7/h7-8,11H,1-6,10H2. The first-order valence-electron chi connectivity index (χ1n) is 4.70. The summed E-state index contributed by atoms with van der Waals surface area (Å²) in [7, 11) is 0. The molecule has 2 fully saturated rings. The maximum Gasteiger partial charge on any atom is 0.0825 e. The lowest BCUT2D eigenvalue weighted by Crippen LogP contribution is -2.49. The van der Waals surface area contributed by atoms with Gasteiger partial charge in [-0.3, -0.25) is 0 Å². The molecule has 1 unspecified atom stereocenters. The van der Waals surface area contributed by atoms with Crippen LogP contribution >= 0.6 is 0 Å². The maximum atomic E-state index is 10.2. The van der Waals surface area contributed by atoms with Gasteiger partial charge in [-0.25, -0.2) is 0 Å². The van der Waals surface area contributed by atoms with E-state index >= 15 is 0 Å². The zero-order valence-electron chi connectivity index (χ0n) is 6.92. The molecule has 64 valence electrons. The Labute approximate surface area is 67.8 Å². The van der Waals surface area contributed by atoms with Crippen LogP contribution in [0.4, 0.5) is 0 Å². The molecule has 3 N–H and O–H groups in total. The van der Waals surface area contributed by atoms with E-state index in [-0.39, 0.29) is 0 Å². The van der Waals surface area contributed by atoms with Gasteiger partial charge in [-0.1, -0.05) is 6.42 Å². The minimum Gasteiger partial charge on any atom is -0.388 e. The molecule has 0 bridgehead atoms. The Morgan fingerprint density at radius 3 is 2.00 bits per heavy atom. The summed E-state index contributed by atoms with van der Waals surface area (Å²) in [5.41, 5.74) is 5.13. The van der Waals surface area contributed by atoms with Crippen molar-refractivity contribution in [2.75, 3.05) is 6.54 Å². The van der Waals surface area contributed by atoms with Crippen molar-refractivity contribution in [3.8, 4) is 0 Å². The summed E-state index contributed by atoms with van der Waals surface area (Å²) in [6.07, 6.45) is 6.09. The molecule has 0 aromatic carbocycles. The van der Waals surface area contributed by atoms with Gasteiger partial charge in [-0.15, -0.1) is 0 Å². The Hall–Kier alpha value is -0.0800. The second-order valence-electron chi connectivity index (χ2n) is 4.10. The molecule has 0 spiro atoms. The Kier molecular flexibility index (Phi) is 1.69. The van der Waals surface area contributed by atoms with Crippen molar-refractivity contribution in [1.82, 2.24) is 0 Å². The molecule has 2 saturated carbocycles. The molecule has 2 heteroatoms. The van der Waals surface area contributed by atoms with E-state index < -0.39 is 5.60 Å². The minimum atomic E-state index is -0.474. The van der Waals surface area contributed by atoms with Gasteiger partial charge in [0.15, 0.2) is 0 Å². The first-order chi connectivity index (χ1) is 5.27. The average Bonchev–Trinajstić information content (AvgIpc) is 2.63. The van der Waals surface area contributed by atoms with E-state index in [0.717, 1.165) is 0 Å². The Bertz CT molecular complexity index is 152. The molecule has 2 rings (SSSR count). The fourth-order valence-corrected chi connectivity index (χ4v) is 2.16. The Morgan fingerprint density at radius 1 is 1.18 bits per heavy atom. The van der Waals surface area contributed by atoms with Crippen LogP contribution in [0.3, 0.4) is 0 Å². The highest BCUT2D eigenvalue weighted by molar-refractivity contribution is 5.02. The van der Waals surface area contributed by atoms with Crippen LogP contribution in [-0.4, -0.2) is 17.3 Å². The summed E-state index contributed by atoms with van der Waals surface area (Å²) < 4.78 is 0. The van der Waals surface area contributed by atoms with Crippen LogP contribution in [0.5, 0.6) is 0 Å². The topological polar surface area (TPSA) is 46.2 Å². The summed E-state index contributed by atoms with van der Waals surface area (Å²) in [6, 6.07) is 0. The predicted molar refractivity (Wildman–Crippen MR) is 44.1 cm³/mol. The van der Waals surface area contributed by atoms with Gasteiger partial charge in [0.25, 0.3) is 0 Å². The van der Waals surface area contributed by atoms with Crippen LogP contribution in [0.15, 0.2) is 0 Å². The van der Waals surface area contributed by atoms with Crippen molar-refractivity contribution in [3.05, 3.63) is 0 Å². The highest BCUT2D eigenvalue weighted by Gasteiger charge is 2.49. The van der Waals surface area contributed by atoms with E-state index in [2.05, 4.69) is 0 Å². The molecule has 0 saturated heterocycles. The highest BCUT2D eigenvalue weighted by atomic mass is 16.3. The number of hydrogen-bond donors (Lipinski definition) is 2. The third-order valence-electron chi connectivity index (χ3n) is 3.42. The van der Waals surface area contributed by atoms with Crippen molar-refractivity contribution in [2.24, 2.45) is 17.6 Å². The van der Waals surface area contributed by atoms with E-state index in [1.54, 1.807) is 0 Å². The lowest BCUT2D eigenvalue weighted by Gasteiger charge is -2.41. The largest absolute Gasteiger partial charge is 0.388 e. The molecule has 0 amide bonds. The van der Waals surface area contributed by atoms with Crippen molar-refractivity contribution in [2.45, 2.75) is 37.7 Å². The summed E-state index contributed by atoms with van der Waals surface area (Å²) >= 11 is 0. The second kappa shape index (κ2) is 2.46. The molecule has 2 nitrogen and oxygen atoms in total. The lowest BCUT2D eigenvalue weighted by molar-refractivity contribution is -0.0607. The highest BCUT2D eigenvalue weighted by Crippen LogP contribution is 2.49. The molecule has 1 atom stereocenters. The molecule has 0 radical (unpaired) electrons. The molecule has 0 aromatic heterocycles. The third-order valence-corrected chi connectivity index (χ3v) is 3.42. The number of aliphatic hydroxyl groups is 1. The van der Waals surface area contributed by atoms with E-state index in [4.69, 9.17) is 5.73 Å². The maximum absolute atomic E-state index is 10.2. The van der Waals surface area contributed by atoms with Gasteiger partial charge in [-0.05, 0) is 37.5 Å². The molecular formula is C9H17NO. The first-order valence-corrected chi connectivity index (χ1v) is 4.70. The van der Waals surface area contributed by atoms with Crippen molar-refractivity contribution in [3.63, 3.8) is 0 Å². The number of rotatable bonds is 3. The zero-order chi connectivity index (χ0) is 7.90. The van der Waals surface area contributed by atoms with E-state index in [0.29, 0.717) is 18.4 Å². The van der Waals surface area contributed by atoms with Crippen LogP contribution in [-0.2, 0) is 0 Å². The van der Waals surface area contributed by atoms with Gasteiger partial charge < -0.3 is 10.8 Å². The quantitative estimate of drug-likeness (QED) is 0.635. The fraction of sp³-hybridized carbons (Fsp3) is 1.00. The molecule has 0 aliphatic heterocycles. The molecule has 2 aliphatic carbocycles. The van der Waals surface area contributed by atoms with Crippen LogP contribution in [0.1, 0.15) is 32.1 Å². The van der Waals surface area contributed by atoms with Gasteiger partial charge in [0, 0.05) is 6.54 Å². The normalized spacial score (nSPS) is 31.1.